The Kier molecular flexibility index (Phi) is 5.53. The molecule has 2 rings (SSSR count). The quantitative estimate of drug-likeness (QED) is 0.682. The van der Waals surface area contributed by atoms with Crippen molar-refractivity contribution < 1.29 is 9.47 Å². The summed E-state index contributed by atoms with van der Waals surface area (Å²) in [6.45, 7) is 5.56. The number of hydrogen-bond acceptors (Lipinski definition) is 2. The minimum absolute atomic E-state index is 0.100. The SMILES string of the molecule is CCOc1ccc(C(Cl)CC2CC(OCC)C2)cc1. The summed E-state index contributed by atoms with van der Waals surface area (Å²) >= 11 is 6.49. The summed E-state index contributed by atoms with van der Waals surface area (Å²) in [7, 11) is 0. The Morgan fingerprint density at radius 2 is 1.84 bits per heavy atom. The van der Waals surface area contributed by atoms with Crippen molar-refractivity contribution in [3.63, 3.8) is 0 Å². The number of alkyl halides is 1. The van der Waals surface area contributed by atoms with Gasteiger partial charge in [-0.1, -0.05) is 12.1 Å². The van der Waals surface area contributed by atoms with Crippen molar-refractivity contribution in [2.24, 2.45) is 5.92 Å². The summed E-state index contributed by atoms with van der Waals surface area (Å²) in [5.74, 6) is 1.63. The Labute approximate surface area is 121 Å². The van der Waals surface area contributed by atoms with E-state index in [0.717, 1.165) is 31.6 Å². The molecule has 0 aromatic heterocycles. The summed E-state index contributed by atoms with van der Waals surface area (Å²) in [5.41, 5.74) is 1.19. The van der Waals surface area contributed by atoms with E-state index in [1.165, 1.54) is 5.56 Å². The van der Waals surface area contributed by atoms with Gasteiger partial charge in [-0.05, 0) is 56.7 Å². The van der Waals surface area contributed by atoms with Crippen molar-refractivity contribution in [2.75, 3.05) is 13.2 Å². The topological polar surface area (TPSA) is 18.5 Å². The Morgan fingerprint density at radius 3 is 2.42 bits per heavy atom. The van der Waals surface area contributed by atoms with E-state index >= 15 is 0 Å². The van der Waals surface area contributed by atoms with Crippen LogP contribution in [0.5, 0.6) is 5.75 Å². The maximum Gasteiger partial charge on any atom is 0.119 e. The van der Waals surface area contributed by atoms with Gasteiger partial charge in [-0.15, -0.1) is 11.6 Å². The standard InChI is InChI=1S/C16H23ClO2/c1-3-18-14-7-5-13(6-8-14)16(17)11-12-9-15(10-12)19-4-2/h5-8,12,15-16H,3-4,9-11H2,1-2H3. The highest BCUT2D eigenvalue weighted by atomic mass is 35.5. The number of halogens is 1. The van der Waals surface area contributed by atoms with Crippen LogP contribution >= 0.6 is 11.6 Å². The molecule has 106 valence electrons. The normalized spacial score (nSPS) is 23.7. The minimum atomic E-state index is 0.100. The third-order valence-electron chi connectivity index (χ3n) is 3.69. The van der Waals surface area contributed by atoms with E-state index in [9.17, 15) is 0 Å². The molecule has 0 amide bonds. The molecule has 0 spiro atoms. The highest BCUT2D eigenvalue weighted by molar-refractivity contribution is 6.20. The Bertz CT molecular complexity index is 371. The van der Waals surface area contributed by atoms with E-state index in [1.54, 1.807) is 0 Å². The summed E-state index contributed by atoms with van der Waals surface area (Å²) < 4.78 is 11.0. The molecule has 1 aromatic rings. The third-order valence-corrected chi connectivity index (χ3v) is 4.12. The lowest BCUT2D eigenvalue weighted by Crippen LogP contribution is -2.31. The van der Waals surface area contributed by atoms with Gasteiger partial charge < -0.3 is 9.47 Å². The second-order valence-electron chi connectivity index (χ2n) is 5.12. The molecule has 1 aliphatic rings. The molecule has 1 aliphatic carbocycles. The fourth-order valence-electron chi connectivity index (χ4n) is 2.61. The van der Waals surface area contributed by atoms with Gasteiger partial charge in [-0.2, -0.15) is 0 Å². The van der Waals surface area contributed by atoms with Gasteiger partial charge >= 0.3 is 0 Å². The van der Waals surface area contributed by atoms with Gasteiger partial charge in [0.2, 0.25) is 0 Å². The lowest BCUT2D eigenvalue weighted by atomic mass is 9.78. The fourth-order valence-corrected chi connectivity index (χ4v) is 3.00. The molecule has 0 bridgehead atoms. The van der Waals surface area contributed by atoms with Crippen molar-refractivity contribution in [1.82, 2.24) is 0 Å². The van der Waals surface area contributed by atoms with Crippen molar-refractivity contribution in [1.29, 1.82) is 0 Å². The summed E-state index contributed by atoms with van der Waals surface area (Å²) in [4.78, 5) is 0. The average Bonchev–Trinajstić information content (AvgIpc) is 2.37. The smallest absolute Gasteiger partial charge is 0.119 e. The zero-order valence-electron chi connectivity index (χ0n) is 11.8. The predicted octanol–water partition coefficient (Wildman–Crippen LogP) is 4.57. The van der Waals surface area contributed by atoms with Crippen LogP contribution in [0.1, 0.15) is 44.1 Å². The van der Waals surface area contributed by atoms with Crippen LogP contribution in [0, 0.1) is 5.92 Å². The van der Waals surface area contributed by atoms with Gasteiger partial charge in [0, 0.05) is 6.61 Å². The lowest BCUT2D eigenvalue weighted by molar-refractivity contribution is -0.0267. The first-order chi connectivity index (χ1) is 9.22. The van der Waals surface area contributed by atoms with Gasteiger partial charge in [0.15, 0.2) is 0 Å². The van der Waals surface area contributed by atoms with Gasteiger partial charge in [0.25, 0.3) is 0 Å². The second-order valence-corrected chi connectivity index (χ2v) is 5.65. The van der Waals surface area contributed by atoms with E-state index < -0.39 is 0 Å². The molecule has 0 saturated heterocycles. The van der Waals surface area contributed by atoms with Gasteiger partial charge in [0.1, 0.15) is 5.75 Å². The van der Waals surface area contributed by atoms with Crippen LogP contribution < -0.4 is 4.74 Å². The van der Waals surface area contributed by atoms with Gasteiger partial charge in [0.05, 0.1) is 18.1 Å². The molecule has 1 atom stereocenters. The molecule has 1 saturated carbocycles. The molecule has 3 heteroatoms. The lowest BCUT2D eigenvalue weighted by Gasteiger charge is -2.36. The van der Waals surface area contributed by atoms with Crippen LogP contribution in [0.15, 0.2) is 24.3 Å². The monoisotopic (exact) mass is 282 g/mol. The summed E-state index contributed by atoms with van der Waals surface area (Å²) in [5, 5.41) is 0.100. The molecular formula is C16H23ClO2. The number of rotatable bonds is 7. The maximum absolute atomic E-state index is 6.49. The van der Waals surface area contributed by atoms with E-state index in [1.807, 2.05) is 19.1 Å². The van der Waals surface area contributed by atoms with Crippen LogP contribution in [-0.4, -0.2) is 19.3 Å². The van der Waals surface area contributed by atoms with Crippen LogP contribution in [0.4, 0.5) is 0 Å². The van der Waals surface area contributed by atoms with Gasteiger partial charge in [-0.25, -0.2) is 0 Å². The molecule has 0 radical (unpaired) electrons. The minimum Gasteiger partial charge on any atom is -0.494 e. The van der Waals surface area contributed by atoms with Crippen molar-refractivity contribution in [2.45, 2.75) is 44.6 Å². The van der Waals surface area contributed by atoms with E-state index in [2.05, 4.69) is 19.1 Å². The van der Waals surface area contributed by atoms with E-state index in [0.29, 0.717) is 18.6 Å². The molecule has 1 unspecified atom stereocenters. The highest BCUT2D eigenvalue weighted by Gasteiger charge is 2.31. The molecule has 19 heavy (non-hydrogen) atoms. The number of hydrogen-bond donors (Lipinski definition) is 0. The zero-order chi connectivity index (χ0) is 13.7. The highest BCUT2D eigenvalue weighted by Crippen LogP contribution is 2.39. The first kappa shape index (κ1) is 14.7. The van der Waals surface area contributed by atoms with Crippen LogP contribution in [-0.2, 0) is 4.74 Å². The first-order valence-corrected chi connectivity index (χ1v) is 7.65. The summed E-state index contributed by atoms with van der Waals surface area (Å²) in [6, 6.07) is 8.14. The molecule has 1 aromatic carbocycles. The fraction of sp³-hybridized carbons (Fsp3) is 0.625. The number of benzene rings is 1. The van der Waals surface area contributed by atoms with Crippen molar-refractivity contribution in [3.05, 3.63) is 29.8 Å². The second kappa shape index (κ2) is 7.16. The molecule has 1 fully saturated rings. The average molecular weight is 283 g/mol. The Balaban J connectivity index is 1.78. The predicted molar refractivity (Wildman–Crippen MR) is 79.0 cm³/mol. The van der Waals surface area contributed by atoms with E-state index in [-0.39, 0.29) is 5.38 Å². The zero-order valence-corrected chi connectivity index (χ0v) is 12.5. The molecule has 0 aliphatic heterocycles. The van der Waals surface area contributed by atoms with Crippen LogP contribution in [0.25, 0.3) is 0 Å². The van der Waals surface area contributed by atoms with Crippen LogP contribution in [0.3, 0.4) is 0 Å². The molecule has 0 N–H and O–H groups in total. The Hall–Kier alpha value is -0.730. The van der Waals surface area contributed by atoms with Crippen LogP contribution in [0.2, 0.25) is 0 Å². The van der Waals surface area contributed by atoms with Crippen molar-refractivity contribution in [3.8, 4) is 5.75 Å². The Morgan fingerprint density at radius 1 is 1.16 bits per heavy atom. The van der Waals surface area contributed by atoms with E-state index in [4.69, 9.17) is 21.1 Å². The van der Waals surface area contributed by atoms with Gasteiger partial charge in [-0.3, -0.25) is 0 Å². The molecule has 0 heterocycles. The van der Waals surface area contributed by atoms with Crippen molar-refractivity contribution >= 4 is 11.6 Å². The first-order valence-electron chi connectivity index (χ1n) is 7.21. The molecular weight excluding hydrogens is 260 g/mol. The summed E-state index contributed by atoms with van der Waals surface area (Å²) in [6.07, 6.45) is 3.83. The number of ether oxygens (including phenoxy) is 2. The molecule has 2 nitrogen and oxygen atoms in total. The maximum atomic E-state index is 6.49. The third kappa shape index (κ3) is 4.12. The largest absolute Gasteiger partial charge is 0.494 e.